The highest BCUT2D eigenvalue weighted by atomic mass is 35.5. The topological polar surface area (TPSA) is 47.3 Å². The number of piperazine rings is 1. The monoisotopic (exact) mass is 317 g/mol. The molecule has 0 unspecified atom stereocenters. The Morgan fingerprint density at radius 2 is 2.05 bits per heavy atom. The smallest absolute Gasteiger partial charge is 0.242 e. The van der Waals surface area contributed by atoms with E-state index in [1.54, 1.807) is 18.2 Å². The van der Waals surface area contributed by atoms with Gasteiger partial charge in [0.1, 0.15) is 6.07 Å². The van der Waals surface area contributed by atoms with E-state index in [2.05, 4.69) is 6.07 Å². The number of amides is 1. The molecule has 2 fully saturated rings. The third kappa shape index (κ3) is 3.20. The summed E-state index contributed by atoms with van der Waals surface area (Å²) in [5.41, 5.74) is 1.34. The minimum Gasteiger partial charge on any atom is -0.359 e. The molecule has 2 aliphatic rings. The first-order valence-electron chi connectivity index (χ1n) is 7.90. The van der Waals surface area contributed by atoms with E-state index in [1.807, 2.05) is 9.80 Å². The van der Waals surface area contributed by atoms with Crippen molar-refractivity contribution in [1.82, 2.24) is 4.90 Å². The average molecular weight is 318 g/mol. The van der Waals surface area contributed by atoms with E-state index in [-0.39, 0.29) is 5.91 Å². The number of nitriles is 1. The first-order chi connectivity index (χ1) is 10.7. The second-order valence-electron chi connectivity index (χ2n) is 6.19. The van der Waals surface area contributed by atoms with E-state index in [0.717, 1.165) is 25.3 Å². The quantitative estimate of drug-likeness (QED) is 0.861. The molecular weight excluding hydrogens is 298 g/mol. The van der Waals surface area contributed by atoms with Gasteiger partial charge in [-0.1, -0.05) is 24.4 Å². The number of nitrogens with zero attached hydrogens (tertiary/aromatic N) is 3. The fourth-order valence-corrected chi connectivity index (χ4v) is 3.64. The van der Waals surface area contributed by atoms with Crippen molar-refractivity contribution in [2.45, 2.75) is 25.7 Å². The SMILES string of the molecule is N#Cc1ccc(Cl)cc1N1CCN(CC2CCCC2)C(=O)C1. The van der Waals surface area contributed by atoms with Gasteiger partial charge in [0.25, 0.3) is 0 Å². The second kappa shape index (κ2) is 6.58. The van der Waals surface area contributed by atoms with Gasteiger partial charge in [-0.15, -0.1) is 0 Å². The minimum absolute atomic E-state index is 0.155. The molecule has 1 aromatic carbocycles. The fraction of sp³-hybridized carbons (Fsp3) is 0.529. The zero-order valence-electron chi connectivity index (χ0n) is 12.6. The van der Waals surface area contributed by atoms with Crippen molar-refractivity contribution in [2.24, 2.45) is 5.92 Å². The number of rotatable bonds is 3. The van der Waals surface area contributed by atoms with Crippen LogP contribution in [0.1, 0.15) is 31.2 Å². The van der Waals surface area contributed by atoms with Crippen LogP contribution in [-0.4, -0.2) is 37.0 Å². The van der Waals surface area contributed by atoms with Crippen molar-refractivity contribution in [3.05, 3.63) is 28.8 Å². The Balaban J connectivity index is 1.68. The highest BCUT2D eigenvalue weighted by Crippen LogP contribution is 2.28. The molecule has 1 aliphatic carbocycles. The summed E-state index contributed by atoms with van der Waals surface area (Å²) in [6, 6.07) is 7.38. The van der Waals surface area contributed by atoms with Crippen LogP contribution in [0.3, 0.4) is 0 Å². The summed E-state index contributed by atoms with van der Waals surface area (Å²) >= 11 is 6.04. The van der Waals surface area contributed by atoms with Gasteiger partial charge >= 0.3 is 0 Å². The Hall–Kier alpha value is -1.73. The van der Waals surface area contributed by atoms with Crippen LogP contribution in [0.2, 0.25) is 5.02 Å². The normalized spacial score (nSPS) is 19.5. The maximum atomic E-state index is 12.4. The third-order valence-electron chi connectivity index (χ3n) is 4.69. The van der Waals surface area contributed by atoms with E-state index in [1.165, 1.54) is 25.7 Å². The molecule has 1 aliphatic heterocycles. The standard InChI is InChI=1S/C17H20ClN3O/c18-15-6-5-14(10-19)16(9-15)20-7-8-21(17(22)12-20)11-13-3-1-2-4-13/h5-6,9,13H,1-4,7-8,11-12H2. The first-order valence-corrected chi connectivity index (χ1v) is 8.27. The molecule has 0 radical (unpaired) electrons. The molecule has 0 N–H and O–H groups in total. The molecule has 22 heavy (non-hydrogen) atoms. The van der Waals surface area contributed by atoms with Crippen LogP contribution in [0.5, 0.6) is 0 Å². The van der Waals surface area contributed by atoms with Gasteiger partial charge in [-0.3, -0.25) is 4.79 Å². The minimum atomic E-state index is 0.155. The van der Waals surface area contributed by atoms with Crippen molar-refractivity contribution in [2.75, 3.05) is 31.1 Å². The van der Waals surface area contributed by atoms with Gasteiger partial charge in [-0.2, -0.15) is 5.26 Å². The van der Waals surface area contributed by atoms with Crippen LogP contribution in [0.25, 0.3) is 0 Å². The summed E-state index contributed by atoms with van der Waals surface area (Å²) in [5.74, 6) is 0.832. The number of carbonyl (C=O) groups is 1. The van der Waals surface area contributed by atoms with E-state index in [0.29, 0.717) is 23.0 Å². The summed E-state index contributed by atoms with van der Waals surface area (Å²) < 4.78 is 0. The highest BCUT2D eigenvalue weighted by Gasteiger charge is 2.28. The summed E-state index contributed by atoms with van der Waals surface area (Å²) in [4.78, 5) is 16.4. The zero-order valence-corrected chi connectivity index (χ0v) is 13.4. The average Bonchev–Trinajstić information content (AvgIpc) is 3.02. The molecule has 3 rings (SSSR count). The zero-order chi connectivity index (χ0) is 15.5. The van der Waals surface area contributed by atoms with Crippen LogP contribution in [0, 0.1) is 17.2 Å². The van der Waals surface area contributed by atoms with Crippen LogP contribution in [0.15, 0.2) is 18.2 Å². The van der Waals surface area contributed by atoms with Gasteiger partial charge in [0.15, 0.2) is 0 Å². The first kappa shape index (κ1) is 15.2. The number of hydrogen-bond donors (Lipinski definition) is 0. The molecule has 0 aromatic heterocycles. The Morgan fingerprint density at radius 1 is 1.27 bits per heavy atom. The molecular formula is C17H20ClN3O. The lowest BCUT2D eigenvalue weighted by Crippen LogP contribution is -2.51. The summed E-state index contributed by atoms with van der Waals surface area (Å²) in [7, 11) is 0. The van der Waals surface area contributed by atoms with Gasteiger partial charge in [-0.25, -0.2) is 0 Å². The number of anilines is 1. The Bertz CT molecular complexity index is 604. The number of hydrogen-bond acceptors (Lipinski definition) is 3. The molecule has 4 nitrogen and oxygen atoms in total. The van der Waals surface area contributed by atoms with Crippen LogP contribution >= 0.6 is 11.6 Å². The number of carbonyl (C=O) groups excluding carboxylic acids is 1. The molecule has 0 spiro atoms. The van der Waals surface area contributed by atoms with Gasteiger partial charge in [0.05, 0.1) is 17.8 Å². The molecule has 116 valence electrons. The molecule has 0 atom stereocenters. The lowest BCUT2D eigenvalue weighted by atomic mass is 10.1. The van der Waals surface area contributed by atoms with Crippen LogP contribution < -0.4 is 4.90 Å². The highest BCUT2D eigenvalue weighted by molar-refractivity contribution is 6.30. The van der Waals surface area contributed by atoms with E-state index < -0.39 is 0 Å². The van der Waals surface area contributed by atoms with E-state index >= 15 is 0 Å². The summed E-state index contributed by atoms with van der Waals surface area (Å²) in [6.07, 6.45) is 5.10. The van der Waals surface area contributed by atoms with Crippen molar-refractivity contribution >= 4 is 23.2 Å². The molecule has 1 saturated carbocycles. The van der Waals surface area contributed by atoms with Crippen LogP contribution in [0.4, 0.5) is 5.69 Å². The van der Waals surface area contributed by atoms with Gasteiger partial charge in [0, 0.05) is 24.7 Å². The Morgan fingerprint density at radius 3 is 2.73 bits per heavy atom. The number of benzene rings is 1. The van der Waals surface area contributed by atoms with Gasteiger partial charge in [-0.05, 0) is 37.0 Å². The van der Waals surface area contributed by atoms with Gasteiger partial charge < -0.3 is 9.80 Å². The Labute approximate surface area is 136 Å². The molecule has 1 saturated heterocycles. The van der Waals surface area contributed by atoms with Crippen molar-refractivity contribution in [3.63, 3.8) is 0 Å². The maximum Gasteiger partial charge on any atom is 0.242 e. The molecule has 0 bridgehead atoms. The summed E-state index contributed by atoms with van der Waals surface area (Å²) in [6.45, 7) is 2.72. The third-order valence-corrected chi connectivity index (χ3v) is 4.93. The van der Waals surface area contributed by atoms with E-state index in [4.69, 9.17) is 11.6 Å². The van der Waals surface area contributed by atoms with E-state index in [9.17, 15) is 10.1 Å². The van der Waals surface area contributed by atoms with Gasteiger partial charge in [0.2, 0.25) is 5.91 Å². The van der Waals surface area contributed by atoms with Crippen molar-refractivity contribution in [1.29, 1.82) is 5.26 Å². The fourth-order valence-electron chi connectivity index (χ4n) is 3.47. The molecule has 1 amide bonds. The predicted molar refractivity (Wildman–Crippen MR) is 86.9 cm³/mol. The number of halogens is 1. The Kier molecular flexibility index (Phi) is 4.54. The largest absolute Gasteiger partial charge is 0.359 e. The predicted octanol–water partition coefficient (Wildman–Crippen LogP) is 3.05. The molecule has 1 heterocycles. The van der Waals surface area contributed by atoms with Crippen molar-refractivity contribution < 1.29 is 4.79 Å². The molecule has 5 heteroatoms. The van der Waals surface area contributed by atoms with Crippen LogP contribution in [-0.2, 0) is 4.79 Å². The maximum absolute atomic E-state index is 12.4. The molecule has 1 aromatic rings. The second-order valence-corrected chi connectivity index (χ2v) is 6.62. The summed E-state index contributed by atoms with van der Waals surface area (Å²) in [5, 5.41) is 9.82. The lowest BCUT2D eigenvalue weighted by molar-refractivity contribution is -0.131. The lowest BCUT2D eigenvalue weighted by Gasteiger charge is -2.37. The van der Waals surface area contributed by atoms with Crippen molar-refractivity contribution in [3.8, 4) is 6.07 Å².